The molecule has 0 saturated heterocycles. The largest absolute Gasteiger partial charge is 0.0804 e. The van der Waals surface area contributed by atoms with Crippen LogP contribution in [0.2, 0.25) is 0 Å². The average Bonchev–Trinajstić information content (AvgIpc) is 2.84. The van der Waals surface area contributed by atoms with Gasteiger partial charge in [-0.25, -0.2) is 0 Å². The highest BCUT2D eigenvalue weighted by Gasteiger charge is 2.71. The van der Waals surface area contributed by atoms with Gasteiger partial charge in [-0.2, -0.15) is 0 Å². The summed E-state index contributed by atoms with van der Waals surface area (Å²) in [6.45, 7) is 7.44. The maximum atomic E-state index is 2.51. The second-order valence-corrected chi connectivity index (χ2v) is 6.97. The molecule has 0 N–H and O–H groups in total. The van der Waals surface area contributed by atoms with Gasteiger partial charge in [-0.3, -0.25) is 0 Å². The summed E-state index contributed by atoms with van der Waals surface area (Å²) in [4.78, 5) is 0. The van der Waals surface area contributed by atoms with Crippen LogP contribution in [0.1, 0.15) is 50.2 Å². The molecule has 17 heavy (non-hydrogen) atoms. The number of benzene rings is 1. The lowest BCUT2D eigenvalue weighted by Crippen LogP contribution is -2.13. The smallest absolute Gasteiger partial charge is 0.00601 e. The second-order valence-electron chi connectivity index (χ2n) is 6.97. The molecule has 1 aromatic carbocycles. The normalized spacial score (nSPS) is 43.8. The Balaban J connectivity index is 1.93. The Labute approximate surface area is 104 Å². The third kappa shape index (κ3) is 0.968. The third-order valence-corrected chi connectivity index (χ3v) is 6.16. The molecule has 4 aliphatic carbocycles. The predicted octanol–water partition coefficient (Wildman–Crippen LogP) is 4.49. The molecule has 5 rings (SSSR count). The fraction of sp³-hybridized carbons (Fsp3) is 0.529. The van der Waals surface area contributed by atoms with E-state index in [1.54, 1.807) is 11.1 Å². The van der Waals surface area contributed by atoms with Crippen LogP contribution in [-0.4, -0.2) is 0 Å². The van der Waals surface area contributed by atoms with E-state index in [4.69, 9.17) is 0 Å². The predicted molar refractivity (Wildman–Crippen MR) is 71.1 cm³/mol. The van der Waals surface area contributed by atoms with Gasteiger partial charge in [0.15, 0.2) is 0 Å². The molecule has 0 nitrogen and oxygen atoms in total. The molecule has 1 fully saturated rings. The van der Waals surface area contributed by atoms with Crippen molar-refractivity contribution < 1.29 is 0 Å². The minimum Gasteiger partial charge on any atom is -0.0804 e. The molecular weight excluding hydrogens is 204 g/mol. The topological polar surface area (TPSA) is 0 Å². The Morgan fingerprint density at radius 2 is 1.71 bits per heavy atom. The van der Waals surface area contributed by atoms with Crippen molar-refractivity contribution in [3.63, 3.8) is 0 Å². The number of allylic oxidation sites excluding steroid dienone is 2. The maximum Gasteiger partial charge on any atom is 0.00601 e. The molecule has 4 atom stereocenters. The molecule has 0 heteroatoms. The number of hydrogen-bond acceptors (Lipinski definition) is 0. The van der Waals surface area contributed by atoms with Gasteiger partial charge in [-0.05, 0) is 34.3 Å². The fourth-order valence-corrected chi connectivity index (χ4v) is 4.89. The molecule has 0 amide bonds. The Bertz CT molecular complexity index is 523. The molecule has 0 radical (unpaired) electrons. The van der Waals surface area contributed by atoms with Crippen molar-refractivity contribution >= 4 is 0 Å². The van der Waals surface area contributed by atoms with Gasteiger partial charge < -0.3 is 0 Å². The van der Waals surface area contributed by atoms with Gasteiger partial charge in [0.1, 0.15) is 0 Å². The van der Waals surface area contributed by atoms with Crippen LogP contribution in [0.5, 0.6) is 0 Å². The van der Waals surface area contributed by atoms with Crippen LogP contribution in [-0.2, 0) is 0 Å². The lowest BCUT2D eigenvalue weighted by atomic mass is 9.77. The van der Waals surface area contributed by atoms with Gasteiger partial charge in [-0.1, -0.05) is 57.2 Å². The summed E-state index contributed by atoms with van der Waals surface area (Å²) in [6.07, 6.45) is 6.31. The molecule has 0 spiro atoms. The summed E-state index contributed by atoms with van der Waals surface area (Å²) in [5.74, 6) is 2.18. The van der Waals surface area contributed by atoms with Crippen LogP contribution >= 0.6 is 0 Å². The van der Waals surface area contributed by atoms with Crippen molar-refractivity contribution in [1.82, 2.24) is 0 Å². The minimum atomic E-state index is 0.522. The van der Waals surface area contributed by atoms with Crippen LogP contribution in [0.25, 0.3) is 0 Å². The van der Waals surface area contributed by atoms with E-state index in [2.05, 4.69) is 57.2 Å². The van der Waals surface area contributed by atoms with Crippen molar-refractivity contribution in [1.29, 1.82) is 0 Å². The molecule has 88 valence electrons. The van der Waals surface area contributed by atoms with E-state index in [1.807, 2.05) is 0 Å². The van der Waals surface area contributed by atoms with Crippen molar-refractivity contribution in [3.05, 3.63) is 47.5 Å². The van der Waals surface area contributed by atoms with E-state index in [9.17, 15) is 0 Å². The molecule has 1 saturated carbocycles. The van der Waals surface area contributed by atoms with Crippen LogP contribution < -0.4 is 0 Å². The summed E-state index contributed by atoms with van der Waals surface area (Å²) in [5.41, 5.74) is 4.28. The zero-order valence-electron chi connectivity index (χ0n) is 10.9. The molecule has 0 aromatic heterocycles. The monoisotopic (exact) mass is 224 g/mol. The van der Waals surface area contributed by atoms with E-state index < -0.39 is 0 Å². The van der Waals surface area contributed by atoms with Gasteiger partial charge >= 0.3 is 0 Å². The minimum absolute atomic E-state index is 0.522. The Hall–Kier alpha value is -1.04. The summed E-state index contributed by atoms with van der Waals surface area (Å²) >= 11 is 0. The van der Waals surface area contributed by atoms with E-state index in [0.717, 1.165) is 5.92 Å². The first-order valence-electron chi connectivity index (χ1n) is 6.83. The van der Waals surface area contributed by atoms with Crippen LogP contribution in [0.4, 0.5) is 0 Å². The van der Waals surface area contributed by atoms with Crippen molar-refractivity contribution in [2.24, 2.45) is 16.7 Å². The first-order chi connectivity index (χ1) is 8.06. The second kappa shape index (κ2) is 2.68. The van der Waals surface area contributed by atoms with Gasteiger partial charge in [0, 0.05) is 11.8 Å². The van der Waals surface area contributed by atoms with E-state index in [-0.39, 0.29) is 0 Å². The molecule has 1 aromatic rings. The Morgan fingerprint density at radius 1 is 1.00 bits per heavy atom. The number of hydrogen-bond donors (Lipinski definition) is 0. The highest BCUT2D eigenvalue weighted by Crippen LogP contribution is 2.78. The van der Waals surface area contributed by atoms with Gasteiger partial charge in [0.2, 0.25) is 0 Å². The quantitative estimate of drug-likeness (QED) is 0.570. The van der Waals surface area contributed by atoms with E-state index in [1.165, 1.54) is 6.42 Å². The van der Waals surface area contributed by atoms with E-state index >= 15 is 0 Å². The lowest BCUT2D eigenvalue weighted by Gasteiger charge is -2.27. The molecule has 0 unspecified atom stereocenters. The van der Waals surface area contributed by atoms with E-state index in [0.29, 0.717) is 22.7 Å². The lowest BCUT2D eigenvalue weighted by molar-refractivity contribution is 0.376. The maximum absolute atomic E-state index is 2.51. The van der Waals surface area contributed by atoms with Crippen molar-refractivity contribution in [2.45, 2.75) is 39.0 Å². The molecule has 4 aliphatic rings. The zero-order chi connectivity index (χ0) is 11.8. The summed E-state index contributed by atoms with van der Waals surface area (Å²) < 4.78 is 0. The van der Waals surface area contributed by atoms with Crippen LogP contribution in [0.3, 0.4) is 0 Å². The highest BCUT2D eigenvalue weighted by molar-refractivity contribution is 5.48. The van der Waals surface area contributed by atoms with Crippen molar-refractivity contribution in [2.75, 3.05) is 0 Å². The van der Waals surface area contributed by atoms with Gasteiger partial charge in [-0.15, -0.1) is 0 Å². The SMILES string of the molecule is CC1(C)[C@H]2[C@@H]3C=C[C@H](C[C@]21C)c1ccccc13. The molecule has 0 heterocycles. The van der Waals surface area contributed by atoms with Crippen molar-refractivity contribution in [3.8, 4) is 0 Å². The van der Waals surface area contributed by atoms with Gasteiger partial charge in [0.25, 0.3) is 0 Å². The standard InChI is InChI=1S/C17H20/c1-16(2)15-14-9-8-11(10-17(15,16)3)12-6-4-5-7-13(12)14/h4-9,11,14-15H,10H2,1-3H3/t11-,14-,15-,17-/m1/s1. The van der Waals surface area contributed by atoms with Crippen LogP contribution in [0, 0.1) is 16.7 Å². The first kappa shape index (κ1) is 9.94. The third-order valence-electron chi connectivity index (χ3n) is 6.16. The zero-order valence-corrected chi connectivity index (χ0v) is 10.9. The van der Waals surface area contributed by atoms with Gasteiger partial charge in [0.05, 0.1) is 0 Å². The summed E-state index contributed by atoms with van der Waals surface area (Å²) in [7, 11) is 0. The molecule has 2 bridgehead atoms. The highest BCUT2D eigenvalue weighted by atomic mass is 14.7. The average molecular weight is 224 g/mol. The molecular formula is C17H20. The Morgan fingerprint density at radius 3 is 2.47 bits per heavy atom. The molecule has 0 aliphatic heterocycles. The Kier molecular flexibility index (Phi) is 1.57. The fourth-order valence-electron chi connectivity index (χ4n) is 4.89. The number of rotatable bonds is 0. The summed E-state index contributed by atoms with van der Waals surface area (Å²) in [6, 6.07) is 9.11. The summed E-state index contributed by atoms with van der Waals surface area (Å²) in [5, 5.41) is 0. The van der Waals surface area contributed by atoms with Crippen LogP contribution in [0.15, 0.2) is 36.4 Å². The first-order valence-corrected chi connectivity index (χ1v) is 6.83.